The van der Waals surface area contributed by atoms with Crippen molar-refractivity contribution in [1.29, 1.82) is 0 Å². The van der Waals surface area contributed by atoms with E-state index in [0.717, 1.165) is 13.0 Å². The van der Waals surface area contributed by atoms with Gasteiger partial charge in [-0.1, -0.05) is 57.5 Å². The van der Waals surface area contributed by atoms with Gasteiger partial charge in [-0.25, -0.2) is 0 Å². The van der Waals surface area contributed by atoms with Crippen LogP contribution in [0.3, 0.4) is 0 Å². The topological polar surface area (TPSA) is 12.0 Å². The molecule has 0 aliphatic heterocycles. The SMILES string of the molecule is CCC(C)(CNC(C)C)Cc1ccc(C)cc1. The number of hydrogen-bond donors (Lipinski definition) is 1. The molecule has 1 heteroatoms. The molecule has 1 atom stereocenters. The molecule has 0 saturated heterocycles. The molecule has 0 aliphatic rings. The highest BCUT2D eigenvalue weighted by Gasteiger charge is 2.22. The molecule has 1 unspecified atom stereocenters. The van der Waals surface area contributed by atoms with E-state index >= 15 is 0 Å². The molecule has 17 heavy (non-hydrogen) atoms. The minimum atomic E-state index is 0.361. The van der Waals surface area contributed by atoms with E-state index in [1.165, 1.54) is 17.5 Å². The Labute approximate surface area is 107 Å². The van der Waals surface area contributed by atoms with Crippen molar-refractivity contribution in [1.82, 2.24) is 5.32 Å². The molecule has 1 N–H and O–H groups in total. The molecule has 0 amide bonds. The maximum atomic E-state index is 3.57. The van der Waals surface area contributed by atoms with Crippen molar-refractivity contribution in [3.8, 4) is 0 Å². The number of aryl methyl sites for hydroxylation is 1. The van der Waals surface area contributed by atoms with Gasteiger partial charge in [0.15, 0.2) is 0 Å². The Bertz CT molecular complexity index is 326. The third kappa shape index (κ3) is 4.91. The van der Waals surface area contributed by atoms with Crippen molar-refractivity contribution in [3.05, 3.63) is 35.4 Å². The Hall–Kier alpha value is -0.820. The molecule has 96 valence electrons. The number of rotatable bonds is 6. The van der Waals surface area contributed by atoms with Gasteiger partial charge in [0.25, 0.3) is 0 Å². The zero-order valence-electron chi connectivity index (χ0n) is 12.0. The summed E-state index contributed by atoms with van der Waals surface area (Å²) in [4.78, 5) is 0. The minimum absolute atomic E-state index is 0.361. The van der Waals surface area contributed by atoms with E-state index in [9.17, 15) is 0 Å². The number of nitrogens with one attached hydrogen (secondary N) is 1. The summed E-state index contributed by atoms with van der Waals surface area (Å²) in [5.41, 5.74) is 3.15. The van der Waals surface area contributed by atoms with E-state index < -0.39 is 0 Å². The fourth-order valence-corrected chi connectivity index (χ4v) is 1.96. The summed E-state index contributed by atoms with van der Waals surface area (Å²) in [7, 11) is 0. The van der Waals surface area contributed by atoms with Gasteiger partial charge < -0.3 is 5.32 Å². The molecule has 0 saturated carbocycles. The average Bonchev–Trinajstić information content (AvgIpc) is 2.30. The molecular formula is C16H27N. The molecule has 0 aliphatic carbocycles. The van der Waals surface area contributed by atoms with Crippen LogP contribution in [0, 0.1) is 12.3 Å². The fraction of sp³-hybridized carbons (Fsp3) is 0.625. The zero-order valence-corrected chi connectivity index (χ0v) is 12.0. The first-order valence-electron chi connectivity index (χ1n) is 6.74. The molecule has 0 spiro atoms. The maximum Gasteiger partial charge on any atom is 0.00106 e. The summed E-state index contributed by atoms with van der Waals surface area (Å²) in [5.74, 6) is 0. The Morgan fingerprint density at radius 1 is 1.18 bits per heavy atom. The normalized spacial score (nSPS) is 14.9. The molecule has 0 aromatic heterocycles. The summed E-state index contributed by atoms with van der Waals surface area (Å²) < 4.78 is 0. The summed E-state index contributed by atoms with van der Waals surface area (Å²) in [6.07, 6.45) is 2.37. The average molecular weight is 233 g/mol. The van der Waals surface area contributed by atoms with Gasteiger partial charge in [-0.15, -0.1) is 0 Å². The second kappa shape index (κ2) is 6.20. The summed E-state index contributed by atoms with van der Waals surface area (Å²) >= 11 is 0. The maximum absolute atomic E-state index is 3.57. The first-order chi connectivity index (χ1) is 7.95. The number of hydrogen-bond acceptors (Lipinski definition) is 1. The van der Waals surface area contributed by atoms with Gasteiger partial charge in [0.05, 0.1) is 0 Å². The van der Waals surface area contributed by atoms with Crippen molar-refractivity contribution >= 4 is 0 Å². The molecule has 0 radical (unpaired) electrons. The molecule has 1 nitrogen and oxygen atoms in total. The Kier molecular flexibility index (Phi) is 5.20. The smallest absolute Gasteiger partial charge is 0.00106 e. The van der Waals surface area contributed by atoms with Crippen molar-refractivity contribution in [2.45, 2.75) is 53.5 Å². The summed E-state index contributed by atoms with van der Waals surface area (Å²) in [6.45, 7) is 12.3. The predicted molar refractivity (Wildman–Crippen MR) is 76.4 cm³/mol. The Balaban J connectivity index is 2.64. The van der Waals surface area contributed by atoms with E-state index in [0.29, 0.717) is 11.5 Å². The van der Waals surface area contributed by atoms with E-state index in [-0.39, 0.29) is 0 Å². The fourth-order valence-electron chi connectivity index (χ4n) is 1.96. The van der Waals surface area contributed by atoms with Gasteiger partial charge in [0, 0.05) is 12.6 Å². The lowest BCUT2D eigenvalue weighted by Crippen LogP contribution is -2.36. The van der Waals surface area contributed by atoms with Gasteiger partial charge in [-0.05, 0) is 30.7 Å². The molecule has 0 bridgehead atoms. The van der Waals surface area contributed by atoms with Gasteiger partial charge in [-0.2, -0.15) is 0 Å². The Morgan fingerprint density at radius 2 is 1.76 bits per heavy atom. The van der Waals surface area contributed by atoms with E-state index in [1.807, 2.05) is 0 Å². The Morgan fingerprint density at radius 3 is 2.24 bits per heavy atom. The van der Waals surface area contributed by atoms with Crippen molar-refractivity contribution in [2.24, 2.45) is 5.41 Å². The lowest BCUT2D eigenvalue weighted by Gasteiger charge is -2.30. The highest BCUT2D eigenvalue weighted by Crippen LogP contribution is 2.26. The third-order valence-electron chi connectivity index (χ3n) is 3.54. The largest absolute Gasteiger partial charge is 0.314 e. The molecule has 1 rings (SSSR count). The van der Waals surface area contributed by atoms with Crippen LogP contribution in [0.5, 0.6) is 0 Å². The van der Waals surface area contributed by atoms with Crippen LogP contribution in [0.2, 0.25) is 0 Å². The van der Waals surface area contributed by atoms with Gasteiger partial charge >= 0.3 is 0 Å². The van der Waals surface area contributed by atoms with Crippen LogP contribution < -0.4 is 5.32 Å². The van der Waals surface area contributed by atoms with Crippen molar-refractivity contribution < 1.29 is 0 Å². The van der Waals surface area contributed by atoms with Gasteiger partial charge in [0.1, 0.15) is 0 Å². The monoisotopic (exact) mass is 233 g/mol. The van der Waals surface area contributed by atoms with Crippen LogP contribution in [0.1, 0.15) is 45.2 Å². The zero-order chi connectivity index (χ0) is 12.9. The van der Waals surface area contributed by atoms with Crippen LogP contribution in [0.25, 0.3) is 0 Å². The van der Waals surface area contributed by atoms with Crippen LogP contribution in [0.4, 0.5) is 0 Å². The highest BCUT2D eigenvalue weighted by atomic mass is 14.9. The van der Waals surface area contributed by atoms with Gasteiger partial charge in [0.2, 0.25) is 0 Å². The first-order valence-corrected chi connectivity index (χ1v) is 6.74. The van der Waals surface area contributed by atoms with Crippen LogP contribution >= 0.6 is 0 Å². The van der Waals surface area contributed by atoms with Crippen LogP contribution in [0.15, 0.2) is 24.3 Å². The molecule has 1 aromatic carbocycles. The van der Waals surface area contributed by atoms with Crippen molar-refractivity contribution in [3.63, 3.8) is 0 Å². The molecular weight excluding hydrogens is 206 g/mol. The standard InChI is InChI=1S/C16H27N/c1-6-16(5,12-17-13(2)3)11-15-9-7-14(4)8-10-15/h7-10,13,17H,6,11-12H2,1-5H3. The van der Waals surface area contributed by atoms with E-state index in [4.69, 9.17) is 0 Å². The van der Waals surface area contributed by atoms with Gasteiger partial charge in [-0.3, -0.25) is 0 Å². The van der Waals surface area contributed by atoms with Crippen LogP contribution in [-0.4, -0.2) is 12.6 Å². The second-order valence-corrected chi connectivity index (χ2v) is 5.86. The lowest BCUT2D eigenvalue weighted by atomic mass is 9.81. The second-order valence-electron chi connectivity index (χ2n) is 5.86. The summed E-state index contributed by atoms with van der Waals surface area (Å²) in [5, 5.41) is 3.57. The van der Waals surface area contributed by atoms with Crippen molar-refractivity contribution in [2.75, 3.05) is 6.54 Å². The molecule has 0 fully saturated rings. The molecule has 1 aromatic rings. The third-order valence-corrected chi connectivity index (χ3v) is 3.54. The summed E-state index contributed by atoms with van der Waals surface area (Å²) in [6, 6.07) is 9.51. The quantitative estimate of drug-likeness (QED) is 0.784. The minimum Gasteiger partial charge on any atom is -0.314 e. The van der Waals surface area contributed by atoms with E-state index in [2.05, 4.69) is 64.2 Å². The van der Waals surface area contributed by atoms with Crippen LogP contribution in [-0.2, 0) is 6.42 Å². The lowest BCUT2D eigenvalue weighted by molar-refractivity contribution is 0.281. The predicted octanol–water partition coefficient (Wildman–Crippen LogP) is 3.95. The highest BCUT2D eigenvalue weighted by molar-refractivity contribution is 5.22. The number of benzene rings is 1. The van der Waals surface area contributed by atoms with E-state index in [1.54, 1.807) is 0 Å². The first kappa shape index (κ1) is 14.2. The molecule has 0 heterocycles.